The second-order valence-electron chi connectivity index (χ2n) is 9.77. The maximum absolute atomic E-state index is 13.5. The molecule has 7 nitrogen and oxygen atoms in total. The van der Waals surface area contributed by atoms with Crippen LogP contribution in [0, 0.1) is 0 Å². The van der Waals surface area contributed by atoms with Crippen molar-refractivity contribution in [1.82, 2.24) is 5.32 Å². The number of nitrogens with one attached hydrogen (secondary N) is 1. The fourth-order valence-electron chi connectivity index (χ4n) is 4.28. The van der Waals surface area contributed by atoms with E-state index < -0.39 is 18.3 Å². The number of carbonyl (C=O) groups is 2. The van der Waals surface area contributed by atoms with Gasteiger partial charge < -0.3 is 24.3 Å². The number of hydrogen-bond acceptors (Lipinski definition) is 6. The average molecular weight is 568 g/mol. The fraction of sp³-hybridized carbons (Fsp3) is 0.257. The first-order chi connectivity index (χ1) is 20.7. The number of Topliss-reactive ketones (excluding diaryl/α,β-unsaturated/α-hetero) is 1. The topological polar surface area (TPSA) is 83.1 Å². The predicted octanol–water partition coefficient (Wildman–Crippen LogP) is 6.26. The molecule has 0 saturated heterocycles. The van der Waals surface area contributed by atoms with E-state index in [4.69, 9.17) is 18.9 Å². The lowest BCUT2D eigenvalue weighted by atomic mass is 10.1. The highest BCUT2D eigenvalue weighted by Gasteiger charge is 2.30. The Kier molecular flexibility index (Phi) is 12.8. The Hall–Kier alpha value is -4.30. The molecule has 4 aromatic carbocycles. The van der Waals surface area contributed by atoms with Crippen LogP contribution in [0.25, 0.3) is 0 Å². The van der Waals surface area contributed by atoms with Gasteiger partial charge in [0.15, 0.2) is 5.78 Å². The van der Waals surface area contributed by atoms with Gasteiger partial charge in [-0.15, -0.1) is 0 Å². The summed E-state index contributed by atoms with van der Waals surface area (Å²) in [7, 11) is 0. The van der Waals surface area contributed by atoms with Crippen LogP contribution in [-0.2, 0) is 50.2 Å². The van der Waals surface area contributed by atoms with Gasteiger partial charge in [-0.1, -0.05) is 121 Å². The predicted molar refractivity (Wildman–Crippen MR) is 160 cm³/mol. The van der Waals surface area contributed by atoms with Gasteiger partial charge >= 0.3 is 6.09 Å². The van der Waals surface area contributed by atoms with Gasteiger partial charge in [0, 0.05) is 6.54 Å². The van der Waals surface area contributed by atoms with Crippen molar-refractivity contribution in [3.8, 4) is 0 Å². The Bertz CT molecular complexity index is 1320. The van der Waals surface area contributed by atoms with Crippen molar-refractivity contribution < 1.29 is 28.5 Å². The summed E-state index contributed by atoms with van der Waals surface area (Å²) in [5.74, 6) is -0.230. The normalized spacial score (nSPS) is 12.3. The van der Waals surface area contributed by atoms with Gasteiger partial charge in [-0.05, 0) is 28.7 Å². The summed E-state index contributed by atoms with van der Waals surface area (Å²) >= 11 is 0. The number of hydrogen-bond donors (Lipinski definition) is 1. The smallest absolute Gasteiger partial charge is 0.407 e. The highest BCUT2D eigenvalue weighted by atomic mass is 16.6. The number of ketones is 1. The van der Waals surface area contributed by atoms with E-state index in [0.717, 1.165) is 22.3 Å². The molecule has 0 aliphatic carbocycles. The van der Waals surface area contributed by atoms with Gasteiger partial charge in [0.1, 0.15) is 19.3 Å². The Morgan fingerprint density at radius 1 is 0.571 bits per heavy atom. The monoisotopic (exact) mass is 567 g/mol. The number of amides is 1. The third kappa shape index (κ3) is 10.9. The molecule has 1 amide bonds. The Labute approximate surface area is 247 Å². The summed E-state index contributed by atoms with van der Waals surface area (Å²) in [6.07, 6.45) is -1.76. The standard InChI is InChI=1S/C35H37NO6/c37-32(27-39-23-28-13-5-1-6-14-28)34(41-25-30-17-9-3-10-18-30)33(40-24-29-15-7-2-8-16-29)21-22-36-35(38)42-26-31-19-11-4-12-20-31/h1-20,33-34H,21-27H2,(H,36,38)/t33-,34+/m1/s1. The molecule has 0 radical (unpaired) electrons. The molecule has 4 rings (SSSR count). The number of benzene rings is 4. The van der Waals surface area contributed by atoms with Crippen molar-refractivity contribution in [2.75, 3.05) is 13.2 Å². The van der Waals surface area contributed by atoms with Crippen LogP contribution in [0.15, 0.2) is 121 Å². The second kappa shape index (κ2) is 17.5. The molecule has 0 aliphatic rings. The van der Waals surface area contributed by atoms with Gasteiger partial charge in [-0.2, -0.15) is 0 Å². The molecular weight excluding hydrogens is 530 g/mol. The maximum Gasteiger partial charge on any atom is 0.407 e. The molecule has 0 aliphatic heterocycles. The van der Waals surface area contributed by atoms with Crippen molar-refractivity contribution >= 4 is 11.9 Å². The van der Waals surface area contributed by atoms with Crippen molar-refractivity contribution in [3.63, 3.8) is 0 Å². The van der Waals surface area contributed by atoms with Crippen molar-refractivity contribution in [3.05, 3.63) is 144 Å². The zero-order valence-electron chi connectivity index (χ0n) is 23.6. The van der Waals surface area contributed by atoms with Crippen LogP contribution in [-0.4, -0.2) is 37.2 Å². The molecule has 1 N–H and O–H groups in total. The number of carbonyl (C=O) groups excluding carboxylic acids is 2. The lowest BCUT2D eigenvalue weighted by Gasteiger charge is -2.27. The van der Waals surface area contributed by atoms with Gasteiger partial charge in [-0.25, -0.2) is 4.79 Å². The zero-order valence-corrected chi connectivity index (χ0v) is 23.6. The van der Waals surface area contributed by atoms with E-state index in [0.29, 0.717) is 13.0 Å². The van der Waals surface area contributed by atoms with E-state index in [1.165, 1.54) is 0 Å². The SMILES string of the molecule is O=C(NCC[C@@H](OCc1ccccc1)[C@@H](OCc1ccccc1)C(=O)COCc1ccccc1)OCc1ccccc1. The van der Waals surface area contributed by atoms with E-state index >= 15 is 0 Å². The van der Waals surface area contributed by atoms with E-state index in [-0.39, 0.29) is 38.8 Å². The lowest BCUT2D eigenvalue weighted by molar-refractivity contribution is -0.150. The van der Waals surface area contributed by atoms with Crippen LogP contribution in [0.1, 0.15) is 28.7 Å². The molecule has 0 fully saturated rings. The van der Waals surface area contributed by atoms with Gasteiger partial charge in [-0.3, -0.25) is 4.79 Å². The number of rotatable bonds is 17. The van der Waals surface area contributed by atoms with Crippen LogP contribution >= 0.6 is 0 Å². The molecule has 0 bridgehead atoms. The highest BCUT2D eigenvalue weighted by Crippen LogP contribution is 2.16. The van der Waals surface area contributed by atoms with Crippen molar-refractivity contribution in [1.29, 1.82) is 0 Å². The van der Waals surface area contributed by atoms with E-state index in [1.807, 2.05) is 121 Å². The third-order valence-corrected chi connectivity index (χ3v) is 6.50. The molecule has 0 unspecified atom stereocenters. The van der Waals surface area contributed by atoms with Crippen LogP contribution in [0.5, 0.6) is 0 Å². The molecular formula is C35H37NO6. The summed E-state index contributed by atoms with van der Waals surface area (Å²) in [6, 6.07) is 38.5. The van der Waals surface area contributed by atoms with E-state index in [1.54, 1.807) is 0 Å². The summed E-state index contributed by atoms with van der Waals surface area (Å²) in [6.45, 7) is 1.09. The molecule has 0 spiro atoms. The molecule has 0 heterocycles. The van der Waals surface area contributed by atoms with E-state index in [2.05, 4.69) is 5.32 Å². The fourth-order valence-corrected chi connectivity index (χ4v) is 4.28. The Balaban J connectivity index is 1.40. The summed E-state index contributed by atoms with van der Waals surface area (Å²) in [4.78, 5) is 25.9. The van der Waals surface area contributed by atoms with Crippen LogP contribution in [0.2, 0.25) is 0 Å². The minimum atomic E-state index is -0.910. The van der Waals surface area contributed by atoms with Crippen molar-refractivity contribution in [2.45, 2.75) is 45.1 Å². The maximum atomic E-state index is 13.5. The molecule has 0 aromatic heterocycles. The van der Waals surface area contributed by atoms with Gasteiger partial charge in [0.25, 0.3) is 0 Å². The largest absolute Gasteiger partial charge is 0.445 e. The molecule has 42 heavy (non-hydrogen) atoms. The van der Waals surface area contributed by atoms with Crippen LogP contribution in [0.4, 0.5) is 4.79 Å². The highest BCUT2D eigenvalue weighted by molar-refractivity contribution is 5.85. The molecule has 218 valence electrons. The first kappa shape index (κ1) is 30.7. The molecule has 4 aromatic rings. The second-order valence-corrected chi connectivity index (χ2v) is 9.77. The lowest BCUT2D eigenvalue weighted by Crippen LogP contribution is -2.42. The van der Waals surface area contributed by atoms with Crippen molar-refractivity contribution in [2.24, 2.45) is 0 Å². The minimum Gasteiger partial charge on any atom is -0.445 e. The number of alkyl carbamates (subject to hydrolysis) is 1. The van der Waals surface area contributed by atoms with Crippen LogP contribution in [0.3, 0.4) is 0 Å². The summed E-state index contributed by atoms with van der Waals surface area (Å²) in [5, 5.41) is 2.77. The Morgan fingerprint density at radius 2 is 1.02 bits per heavy atom. The first-order valence-electron chi connectivity index (χ1n) is 14.1. The average Bonchev–Trinajstić information content (AvgIpc) is 3.04. The van der Waals surface area contributed by atoms with E-state index in [9.17, 15) is 9.59 Å². The quantitative estimate of drug-likeness (QED) is 0.162. The summed E-state index contributed by atoms with van der Waals surface area (Å²) < 4.78 is 23.6. The molecule has 2 atom stereocenters. The zero-order chi connectivity index (χ0) is 29.2. The number of ether oxygens (including phenoxy) is 4. The Morgan fingerprint density at radius 3 is 1.55 bits per heavy atom. The first-order valence-corrected chi connectivity index (χ1v) is 14.1. The minimum absolute atomic E-state index is 0.133. The molecule has 7 heteroatoms. The van der Waals surface area contributed by atoms with Gasteiger partial charge in [0.2, 0.25) is 0 Å². The van der Waals surface area contributed by atoms with Gasteiger partial charge in [0.05, 0.1) is 25.9 Å². The summed E-state index contributed by atoms with van der Waals surface area (Å²) in [5.41, 5.74) is 3.77. The molecule has 0 saturated carbocycles. The third-order valence-electron chi connectivity index (χ3n) is 6.50. The van der Waals surface area contributed by atoms with Crippen LogP contribution < -0.4 is 5.32 Å².